The van der Waals surface area contributed by atoms with Gasteiger partial charge in [-0.2, -0.15) is 5.26 Å². The van der Waals surface area contributed by atoms with Crippen LogP contribution in [0.3, 0.4) is 0 Å². The predicted octanol–water partition coefficient (Wildman–Crippen LogP) is 2.47. The molecule has 0 bridgehead atoms. The van der Waals surface area contributed by atoms with Crippen LogP contribution < -0.4 is 10.6 Å². The van der Waals surface area contributed by atoms with E-state index in [9.17, 15) is 10.1 Å². The first-order chi connectivity index (χ1) is 14.0. The Morgan fingerprint density at radius 1 is 1.28 bits per heavy atom. The number of hydrogen-bond donors (Lipinski definition) is 1. The molecule has 7 heteroatoms. The lowest BCUT2D eigenvalue weighted by molar-refractivity contribution is -0.139. The highest BCUT2D eigenvalue weighted by Crippen LogP contribution is 2.40. The first kappa shape index (κ1) is 20.7. The SMILES string of the molecule is CCOC(=O)C1=C(C)OC(N)=C(C#N)C1c1ccc(N2CCCN(C)CC2)cc1. The summed E-state index contributed by atoms with van der Waals surface area (Å²) in [5.74, 6) is -0.695. The fourth-order valence-electron chi connectivity index (χ4n) is 3.87. The second-order valence-corrected chi connectivity index (χ2v) is 7.35. The van der Waals surface area contributed by atoms with E-state index in [-0.39, 0.29) is 18.1 Å². The molecule has 2 heterocycles. The first-order valence-electron chi connectivity index (χ1n) is 9.95. The molecule has 1 aromatic rings. The number of nitrogens with zero attached hydrogens (tertiary/aromatic N) is 3. The molecule has 1 saturated heterocycles. The van der Waals surface area contributed by atoms with Crippen LogP contribution in [0.4, 0.5) is 5.69 Å². The van der Waals surface area contributed by atoms with Crippen LogP contribution >= 0.6 is 0 Å². The standard InChI is InChI=1S/C22H28N4O3/c1-4-28-22(27)19-15(2)29-21(24)18(14-23)20(19)16-6-8-17(9-7-16)26-11-5-10-25(3)12-13-26/h6-9,20H,4-5,10-13,24H2,1-3H3. The molecule has 1 unspecified atom stereocenters. The minimum Gasteiger partial charge on any atom is -0.463 e. The zero-order chi connectivity index (χ0) is 21.0. The van der Waals surface area contributed by atoms with Gasteiger partial charge in [0.1, 0.15) is 17.4 Å². The number of carbonyl (C=O) groups excluding carboxylic acids is 1. The van der Waals surface area contributed by atoms with Crippen LogP contribution in [-0.2, 0) is 14.3 Å². The van der Waals surface area contributed by atoms with E-state index < -0.39 is 11.9 Å². The molecule has 3 rings (SSSR count). The number of nitrogens with two attached hydrogens (primary N) is 1. The fourth-order valence-corrected chi connectivity index (χ4v) is 3.87. The molecule has 7 nitrogen and oxygen atoms in total. The quantitative estimate of drug-likeness (QED) is 0.782. The van der Waals surface area contributed by atoms with Crippen molar-refractivity contribution in [1.29, 1.82) is 5.26 Å². The molecule has 0 aromatic heterocycles. The lowest BCUT2D eigenvalue weighted by Gasteiger charge is -2.28. The van der Waals surface area contributed by atoms with Crippen molar-refractivity contribution in [3.05, 3.63) is 52.6 Å². The Morgan fingerprint density at radius 2 is 2.00 bits per heavy atom. The molecule has 0 spiro atoms. The van der Waals surface area contributed by atoms with Gasteiger partial charge in [-0.25, -0.2) is 4.79 Å². The van der Waals surface area contributed by atoms with Crippen molar-refractivity contribution in [2.24, 2.45) is 5.73 Å². The number of nitriles is 1. The molecular formula is C22H28N4O3. The van der Waals surface area contributed by atoms with Crippen LogP contribution in [0.25, 0.3) is 0 Å². The van der Waals surface area contributed by atoms with Crippen LogP contribution in [-0.4, -0.2) is 50.7 Å². The lowest BCUT2D eigenvalue weighted by atomic mass is 9.83. The second kappa shape index (κ2) is 9.01. The summed E-state index contributed by atoms with van der Waals surface area (Å²) in [5.41, 5.74) is 8.44. The van der Waals surface area contributed by atoms with Gasteiger partial charge in [-0.1, -0.05) is 12.1 Å². The van der Waals surface area contributed by atoms with E-state index in [1.807, 2.05) is 24.3 Å². The number of benzene rings is 1. The number of allylic oxidation sites excluding steroid dienone is 2. The van der Waals surface area contributed by atoms with E-state index in [1.54, 1.807) is 13.8 Å². The molecular weight excluding hydrogens is 368 g/mol. The minimum atomic E-state index is -0.600. The minimum absolute atomic E-state index is 0.0303. The van der Waals surface area contributed by atoms with Crippen LogP contribution in [0.15, 0.2) is 47.1 Å². The summed E-state index contributed by atoms with van der Waals surface area (Å²) in [5, 5.41) is 9.67. The van der Waals surface area contributed by atoms with Gasteiger partial charge in [0.15, 0.2) is 0 Å². The summed E-state index contributed by atoms with van der Waals surface area (Å²) in [7, 11) is 2.14. The number of ether oxygens (including phenoxy) is 2. The van der Waals surface area contributed by atoms with E-state index in [0.29, 0.717) is 11.3 Å². The number of rotatable bonds is 4. The van der Waals surface area contributed by atoms with Gasteiger partial charge in [0.25, 0.3) is 0 Å². The van der Waals surface area contributed by atoms with E-state index in [0.717, 1.165) is 43.9 Å². The molecule has 29 heavy (non-hydrogen) atoms. The van der Waals surface area contributed by atoms with Crippen LogP contribution in [0.1, 0.15) is 31.7 Å². The molecule has 154 valence electrons. The Hall–Kier alpha value is -2.98. The van der Waals surface area contributed by atoms with Crippen molar-refractivity contribution < 1.29 is 14.3 Å². The molecule has 1 aromatic carbocycles. The highest BCUT2D eigenvalue weighted by molar-refractivity contribution is 5.92. The van der Waals surface area contributed by atoms with Gasteiger partial charge in [0.05, 0.1) is 18.1 Å². The molecule has 2 N–H and O–H groups in total. The van der Waals surface area contributed by atoms with Gasteiger partial charge < -0.3 is 25.0 Å². The van der Waals surface area contributed by atoms with E-state index in [4.69, 9.17) is 15.2 Å². The van der Waals surface area contributed by atoms with Crippen molar-refractivity contribution in [3.8, 4) is 6.07 Å². The maximum absolute atomic E-state index is 12.6. The molecule has 2 aliphatic rings. The molecule has 0 saturated carbocycles. The topological polar surface area (TPSA) is 91.8 Å². The largest absolute Gasteiger partial charge is 0.463 e. The van der Waals surface area contributed by atoms with Gasteiger partial charge in [-0.3, -0.25) is 0 Å². The Morgan fingerprint density at radius 3 is 2.66 bits per heavy atom. The Balaban J connectivity index is 1.94. The number of esters is 1. The van der Waals surface area contributed by atoms with E-state index in [1.165, 1.54) is 0 Å². The van der Waals surface area contributed by atoms with Crippen molar-refractivity contribution in [3.63, 3.8) is 0 Å². The van der Waals surface area contributed by atoms with Crippen LogP contribution in [0.2, 0.25) is 0 Å². The van der Waals surface area contributed by atoms with Crippen molar-refractivity contribution in [1.82, 2.24) is 4.90 Å². The van der Waals surface area contributed by atoms with Crippen LogP contribution in [0, 0.1) is 11.3 Å². The Labute approximate surface area is 172 Å². The second-order valence-electron chi connectivity index (χ2n) is 7.35. The predicted molar refractivity (Wildman–Crippen MR) is 111 cm³/mol. The lowest BCUT2D eigenvalue weighted by Crippen LogP contribution is -2.28. The first-order valence-corrected chi connectivity index (χ1v) is 9.95. The van der Waals surface area contributed by atoms with Gasteiger partial charge >= 0.3 is 5.97 Å². The summed E-state index contributed by atoms with van der Waals surface area (Å²) in [6, 6.07) is 10.1. The third-order valence-electron chi connectivity index (χ3n) is 5.41. The monoisotopic (exact) mass is 396 g/mol. The van der Waals surface area contributed by atoms with Crippen molar-refractivity contribution in [2.75, 3.05) is 44.7 Å². The molecule has 0 aliphatic carbocycles. The third-order valence-corrected chi connectivity index (χ3v) is 5.41. The molecule has 1 fully saturated rings. The summed E-state index contributed by atoms with van der Waals surface area (Å²) < 4.78 is 10.7. The maximum Gasteiger partial charge on any atom is 0.338 e. The van der Waals surface area contributed by atoms with E-state index in [2.05, 4.69) is 22.9 Å². The Kier molecular flexibility index (Phi) is 6.45. The number of likely N-dealkylation sites (N-methyl/N-ethyl adjacent to an activating group) is 1. The maximum atomic E-state index is 12.6. The van der Waals surface area contributed by atoms with Crippen molar-refractivity contribution in [2.45, 2.75) is 26.2 Å². The van der Waals surface area contributed by atoms with Gasteiger partial charge in [-0.05, 0) is 51.6 Å². The van der Waals surface area contributed by atoms with Crippen LogP contribution in [0.5, 0.6) is 0 Å². The van der Waals surface area contributed by atoms with Gasteiger partial charge in [0.2, 0.25) is 5.88 Å². The zero-order valence-electron chi connectivity index (χ0n) is 17.3. The third kappa shape index (κ3) is 4.38. The summed E-state index contributed by atoms with van der Waals surface area (Å²) >= 11 is 0. The Bertz CT molecular complexity index is 867. The molecule has 0 amide bonds. The fraction of sp³-hybridized carbons (Fsp3) is 0.455. The molecule has 2 aliphatic heterocycles. The van der Waals surface area contributed by atoms with Gasteiger partial charge in [-0.15, -0.1) is 0 Å². The number of carbonyl (C=O) groups is 1. The summed E-state index contributed by atoms with van der Waals surface area (Å²) in [6.45, 7) is 7.75. The highest BCUT2D eigenvalue weighted by Gasteiger charge is 2.36. The average molecular weight is 396 g/mol. The van der Waals surface area contributed by atoms with Gasteiger partial charge in [0, 0.05) is 25.3 Å². The normalized spacial score (nSPS) is 20.8. The smallest absolute Gasteiger partial charge is 0.338 e. The van der Waals surface area contributed by atoms with E-state index >= 15 is 0 Å². The number of anilines is 1. The summed E-state index contributed by atoms with van der Waals surface area (Å²) in [4.78, 5) is 17.3. The zero-order valence-corrected chi connectivity index (χ0v) is 17.3. The highest BCUT2D eigenvalue weighted by atomic mass is 16.5. The van der Waals surface area contributed by atoms with Crippen molar-refractivity contribution >= 4 is 11.7 Å². The molecule has 1 atom stereocenters. The summed E-state index contributed by atoms with van der Waals surface area (Å²) in [6.07, 6.45) is 1.12. The number of hydrogen-bond acceptors (Lipinski definition) is 7. The average Bonchev–Trinajstić information content (AvgIpc) is 2.92. The molecule has 0 radical (unpaired) electrons.